The van der Waals surface area contributed by atoms with Crippen molar-refractivity contribution in [3.8, 4) is 11.9 Å². The Balaban J connectivity index is 3.67. The molecule has 0 atom stereocenters. The smallest absolute Gasteiger partial charge is 0.418 e. The lowest BCUT2D eigenvalue weighted by molar-refractivity contribution is -0.140. The zero-order valence-corrected chi connectivity index (χ0v) is 8.35. The van der Waals surface area contributed by atoms with E-state index in [0.29, 0.717) is 6.20 Å². The van der Waals surface area contributed by atoms with E-state index in [9.17, 15) is 22.0 Å². The van der Waals surface area contributed by atoms with Crippen LogP contribution < -0.4 is 4.74 Å². The van der Waals surface area contributed by atoms with Crippen molar-refractivity contribution >= 4 is 0 Å². The van der Waals surface area contributed by atoms with Gasteiger partial charge in [-0.3, -0.25) is 0 Å². The molecule has 0 aliphatic heterocycles. The van der Waals surface area contributed by atoms with Gasteiger partial charge in [-0.05, 0) is 0 Å². The minimum atomic E-state index is -5.08. The van der Waals surface area contributed by atoms with Gasteiger partial charge in [0.2, 0.25) is 5.88 Å². The molecule has 0 bridgehead atoms. The van der Waals surface area contributed by atoms with Crippen LogP contribution in [0.5, 0.6) is 5.88 Å². The summed E-state index contributed by atoms with van der Waals surface area (Å²) in [7, 11) is 0.917. The molecule has 0 saturated heterocycles. The van der Waals surface area contributed by atoms with Crippen LogP contribution in [0.2, 0.25) is 0 Å². The molecule has 1 aromatic rings. The first-order valence-corrected chi connectivity index (χ1v) is 4.15. The number of hydrogen-bond acceptors (Lipinski definition) is 3. The number of alkyl halides is 5. The zero-order valence-electron chi connectivity index (χ0n) is 8.35. The highest BCUT2D eigenvalue weighted by Crippen LogP contribution is 2.41. The van der Waals surface area contributed by atoms with Crippen molar-refractivity contribution in [3.63, 3.8) is 0 Å². The van der Waals surface area contributed by atoms with Gasteiger partial charge in [0, 0.05) is 6.20 Å². The van der Waals surface area contributed by atoms with Crippen LogP contribution in [0.4, 0.5) is 22.0 Å². The number of ether oxygens (including phenoxy) is 1. The normalized spacial score (nSPS) is 11.4. The topological polar surface area (TPSA) is 45.9 Å². The van der Waals surface area contributed by atoms with E-state index in [1.54, 1.807) is 0 Å². The third-order valence-corrected chi connectivity index (χ3v) is 1.90. The van der Waals surface area contributed by atoms with E-state index < -0.39 is 35.2 Å². The standard InChI is InChI=1S/C9H5F5N2O/c1-17-8-5(7(10)11)6(9(12,13)14)4(2-15)3-16-8/h3,7H,1H3. The first-order chi connectivity index (χ1) is 7.82. The average Bonchev–Trinajstić information content (AvgIpc) is 2.25. The van der Waals surface area contributed by atoms with Crippen LogP contribution in [-0.4, -0.2) is 12.1 Å². The number of methoxy groups -OCH3 is 1. The molecule has 0 N–H and O–H groups in total. The number of aromatic nitrogens is 1. The maximum absolute atomic E-state index is 12.6. The van der Waals surface area contributed by atoms with Gasteiger partial charge in [0.05, 0.1) is 23.8 Å². The lowest BCUT2D eigenvalue weighted by Gasteiger charge is -2.15. The van der Waals surface area contributed by atoms with Gasteiger partial charge in [0.15, 0.2) is 0 Å². The number of halogens is 5. The molecule has 0 fully saturated rings. The summed E-state index contributed by atoms with van der Waals surface area (Å²) in [6.07, 6.45) is -7.97. The van der Waals surface area contributed by atoms with E-state index in [1.165, 1.54) is 6.07 Å². The maximum atomic E-state index is 12.6. The van der Waals surface area contributed by atoms with Crippen LogP contribution >= 0.6 is 0 Å². The lowest BCUT2D eigenvalue weighted by atomic mass is 10.0. The third-order valence-electron chi connectivity index (χ3n) is 1.90. The fourth-order valence-corrected chi connectivity index (χ4v) is 1.26. The first kappa shape index (κ1) is 13.2. The Bertz CT molecular complexity index is 464. The van der Waals surface area contributed by atoms with Gasteiger partial charge < -0.3 is 4.74 Å². The second-order valence-corrected chi connectivity index (χ2v) is 2.88. The van der Waals surface area contributed by atoms with E-state index in [2.05, 4.69) is 9.72 Å². The van der Waals surface area contributed by atoms with E-state index in [4.69, 9.17) is 5.26 Å². The predicted octanol–water partition coefficient (Wildman–Crippen LogP) is 2.92. The summed E-state index contributed by atoms with van der Waals surface area (Å²) < 4.78 is 67.3. The molecule has 0 radical (unpaired) electrons. The van der Waals surface area contributed by atoms with Crippen LogP contribution in [0.15, 0.2) is 6.20 Å². The SMILES string of the molecule is COc1ncc(C#N)c(C(F)(F)F)c1C(F)F. The molecule has 0 unspecified atom stereocenters. The molecule has 0 spiro atoms. The average molecular weight is 252 g/mol. The summed E-state index contributed by atoms with van der Waals surface area (Å²) in [5.74, 6) is -0.841. The highest BCUT2D eigenvalue weighted by molar-refractivity contribution is 5.48. The largest absolute Gasteiger partial charge is 0.481 e. The Morgan fingerprint density at radius 3 is 2.35 bits per heavy atom. The fourth-order valence-electron chi connectivity index (χ4n) is 1.26. The zero-order chi connectivity index (χ0) is 13.2. The van der Waals surface area contributed by atoms with Crippen LogP contribution in [0.25, 0.3) is 0 Å². The molecule has 8 heteroatoms. The molecule has 0 aliphatic carbocycles. The molecular weight excluding hydrogens is 247 g/mol. The van der Waals surface area contributed by atoms with Crippen LogP contribution in [-0.2, 0) is 6.18 Å². The van der Waals surface area contributed by atoms with E-state index in [1.807, 2.05) is 0 Å². The van der Waals surface area contributed by atoms with Crippen molar-refractivity contribution < 1.29 is 26.7 Å². The summed E-state index contributed by atoms with van der Waals surface area (Å²) in [5, 5.41) is 8.48. The van der Waals surface area contributed by atoms with Crippen molar-refractivity contribution in [2.24, 2.45) is 0 Å². The Hall–Kier alpha value is -1.91. The van der Waals surface area contributed by atoms with Gasteiger partial charge in [-0.1, -0.05) is 0 Å². The molecule has 92 valence electrons. The van der Waals surface area contributed by atoms with Crippen molar-refractivity contribution in [2.45, 2.75) is 12.6 Å². The van der Waals surface area contributed by atoms with Crippen LogP contribution in [0.3, 0.4) is 0 Å². The monoisotopic (exact) mass is 252 g/mol. The summed E-state index contributed by atoms with van der Waals surface area (Å²) in [6.45, 7) is 0. The molecule has 1 heterocycles. The highest BCUT2D eigenvalue weighted by Gasteiger charge is 2.41. The third kappa shape index (κ3) is 2.43. The van der Waals surface area contributed by atoms with Crippen molar-refractivity contribution in [3.05, 3.63) is 22.9 Å². The number of nitriles is 1. The Morgan fingerprint density at radius 2 is 2.00 bits per heavy atom. The molecular formula is C9H5F5N2O. The number of rotatable bonds is 2. The maximum Gasteiger partial charge on any atom is 0.418 e. The van der Waals surface area contributed by atoms with Gasteiger partial charge in [0.1, 0.15) is 6.07 Å². The molecule has 0 saturated carbocycles. The Morgan fingerprint density at radius 1 is 1.41 bits per heavy atom. The number of pyridine rings is 1. The van der Waals surface area contributed by atoms with Crippen molar-refractivity contribution in [2.75, 3.05) is 7.11 Å². The molecule has 0 amide bonds. The first-order valence-electron chi connectivity index (χ1n) is 4.15. The molecule has 0 aliphatic rings. The minimum absolute atomic E-state index is 0.549. The predicted molar refractivity (Wildman–Crippen MR) is 45.5 cm³/mol. The highest BCUT2D eigenvalue weighted by atomic mass is 19.4. The van der Waals surface area contributed by atoms with Gasteiger partial charge in [-0.2, -0.15) is 18.4 Å². The summed E-state index contributed by atoms with van der Waals surface area (Å²) >= 11 is 0. The number of hydrogen-bond donors (Lipinski definition) is 0. The minimum Gasteiger partial charge on any atom is -0.481 e. The Labute approximate surface area is 92.4 Å². The van der Waals surface area contributed by atoms with Crippen LogP contribution in [0.1, 0.15) is 23.1 Å². The van der Waals surface area contributed by atoms with Gasteiger partial charge in [0.25, 0.3) is 6.43 Å². The molecule has 3 nitrogen and oxygen atoms in total. The van der Waals surface area contributed by atoms with E-state index in [0.717, 1.165) is 7.11 Å². The lowest BCUT2D eigenvalue weighted by Crippen LogP contribution is -2.14. The fraction of sp³-hybridized carbons (Fsp3) is 0.333. The van der Waals surface area contributed by atoms with Crippen molar-refractivity contribution in [1.29, 1.82) is 5.26 Å². The summed E-state index contributed by atoms with van der Waals surface area (Å²) in [5.41, 5.74) is -4.09. The van der Waals surface area contributed by atoms with E-state index in [-0.39, 0.29) is 0 Å². The van der Waals surface area contributed by atoms with E-state index >= 15 is 0 Å². The molecule has 0 aromatic carbocycles. The van der Waals surface area contributed by atoms with Gasteiger partial charge in [-0.15, -0.1) is 0 Å². The second kappa shape index (κ2) is 4.53. The quantitative estimate of drug-likeness (QED) is 0.760. The van der Waals surface area contributed by atoms with Crippen LogP contribution in [0, 0.1) is 11.3 Å². The van der Waals surface area contributed by atoms with Gasteiger partial charge in [-0.25, -0.2) is 13.8 Å². The summed E-state index contributed by atoms with van der Waals surface area (Å²) in [4.78, 5) is 3.24. The van der Waals surface area contributed by atoms with Crippen molar-refractivity contribution in [1.82, 2.24) is 4.98 Å². The second-order valence-electron chi connectivity index (χ2n) is 2.88. The number of nitrogens with zero attached hydrogens (tertiary/aromatic N) is 2. The summed E-state index contributed by atoms with van der Waals surface area (Å²) in [6, 6.07) is 1.18. The Kier molecular flexibility index (Phi) is 3.50. The molecule has 1 aromatic heterocycles. The molecule has 1 rings (SSSR count). The molecule has 17 heavy (non-hydrogen) atoms. The van der Waals surface area contributed by atoms with Gasteiger partial charge >= 0.3 is 6.18 Å².